The summed E-state index contributed by atoms with van der Waals surface area (Å²) in [5, 5.41) is 1.60. The van der Waals surface area contributed by atoms with Crippen molar-refractivity contribution in [2.24, 2.45) is 5.92 Å². The number of halogens is 1. The molecule has 0 bridgehead atoms. The normalized spacial score (nSPS) is 17.5. The quantitative estimate of drug-likeness (QED) is 0.780. The fourth-order valence-electron chi connectivity index (χ4n) is 2.82. The molecule has 1 aliphatic heterocycles. The highest BCUT2D eigenvalue weighted by atomic mass is 35.5. The number of carbonyl (C=O) groups excluding carboxylic acids is 1. The fourth-order valence-corrected chi connectivity index (χ4v) is 3.67. The number of anilines is 1. The van der Waals surface area contributed by atoms with E-state index in [4.69, 9.17) is 16.4 Å². The van der Waals surface area contributed by atoms with Crippen molar-refractivity contribution in [2.45, 2.75) is 26.2 Å². The van der Waals surface area contributed by atoms with Crippen LogP contribution in [0.25, 0.3) is 0 Å². The smallest absolute Gasteiger partial charge is 0.248 e. The standard InChI is InChI=1S/C17H21ClN4O2S/c1-2-24-20-16(23)13-4-3-9-22(11-13)17-19-15(21-25-17)10-12-5-7-14(18)8-6-12/h5-8,13H,2-4,9-11H2,1H3,(H,20,23)/t13-/m1/s1. The van der Waals surface area contributed by atoms with Crippen LogP contribution in [0, 0.1) is 5.92 Å². The highest BCUT2D eigenvalue weighted by Crippen LogP contribution is 2.25. The Morgan fingerprint density at radius 3 is 3.00 bits per heavy atom. The van der Waals surface area contributed by atoms with Crippen LogP contribution in [-0.4, -0.2) is 35.0 Å². The Labute approximate surface area is 156 Å². The number of benzene rings is 1. The predicted octanol–water partition coefficient (Wildman–Crippen LogP) is 3.07. The van der Waals surface area contributed by atoms with Crippen LogP contribution < -0.4 is 10.4 Å². The zero-order valence-electron chi connectivity index (χ0n) is 14.1. The molecule has 8 heteroatoms. The van der Waals surface area contributed by atoms with Crippen LogP contribution in [0.2, 0.25) is 5.02 Å². The van der Waals surface area contributed by atoms with Gasteiger partial charge in [-0.1, -0.05) is 23.7 Å². The number of amides is 1. The van der Waals surface area contributed by atoms with E-state index in [1.807, 2.05) is 31.2 Å². The van der Waals surface area contributed by atoms with Gasteiger partial charge < -0.3 is 4.90 Å². The van der Waals surface area contributed by atoms with Gasteiger partial charge in [-0.2, -0.15) is 4.37 Å². The molecule has 1 atom stereocenters. The van der Waals surface area contributed by atoms with Gasteiger partial charge in [-0.25, -0.2) is 10.5 Å². The summed E-state index contributed by atoms with van der Waals surface area (Å²) in [6.45, 7) is 3.85. The molecule has 2 heterocycles. The third-order valence-corrected chi connectivity index (χ3v) is 5.18. The van der Waals surface area contributed by atoms with Gasteiger partial charge in [0.1, 0.15) is 5.82 Å². The van der Waals surface area contributed by atoms with E-state index in [1.54, 1.807) is 0 Å². The van der Waals surface area contributed by atoms with E-state index in [-0.39, 0.29) is 11.8 Å². The number of piperidine rings is 1. The molecule has 0 unspecified atom stereocenters. The lowest BCUT2D eigenvalue weighted by Crippen LogP contribution is -2.43. The van der Waals surface area contributed by atoms with Gasteiger partial charge in [0.25, 0.3) is 0 Å². The number of carbonyl (C=O) groups is 1. The van der Waals surface area contributed by atoms with Gasteiger partial charge in [0, 0.05) is 36.1 Å². The average Bonchev–Trinajstić information content (AvgIpc) is 3.10. The van der Waals surface area contributed by atoms with Gasteiger partial charge >= 0.3 is 0 Å². The first kappa shape index (κ1) is 18.1. The average molecular weight is 381 g/mol. The van der Waals surface area contributed by atoms with Crippen molar-refractivity contribution in [3.05, 3.63) is 40.7 Å². The maximum Gasteiger partial charge on any atom is 0.248 e. The van der Waals surface area contributed by atoms with Crippen LogP contribution >= 0.6 is 23.1 Å². The molecule has 25 heavy (non-hydrogen) atoms. The van der Waals surface area contributed by atoms with Crippen molar-refractivity contribution in [3.63, 3.8) is 0 Å². The molecule has 1 aliphatic rings. The molecule has 1 aromatic carbocycles. The number of hydrogen-bond acceptors (Lipinski definition) is 6. The highest BCUT2D eigenvalue weighted by Gasteiger charge is 2.27. The summed E-state index contributed by atoms with van der Waals surface area (Å²) in [5.74, 6) is 0.657. The van der Waals surface area contributed by atoms with E-state index in [1.165, 1.54) is 11.5 Å². The van der Waals surface area contributed by atoms with E-state index < -0.39 is 0 Å². The minimum absolute atomic E-state index is 0.0579. The molecule has 2 aromatic rings. The first-order valence-electron chi connectivity index (χ1n) is 8.39. The minimum Gasteiger partial charge on any atom is -0.346 e. The summed E-state index contributed by atoms with van der Waals surface area (Å²) in [6, 6.07) is 7.71. The largest absolute Gasteiger partial charge is 0.346 e. The molecule has 1 fully saturated rings. The first-order valence-corrected chi connectivity index (χ1v) is 9.54. The molecule has 134 valence electrons. The Bertz CT molecular complexity index is 707. The van der Waals surface area contributed by atoms with Gasteiger partial charge in [0.15, 0.2) is 0 Å². The Balaban J connectivity index is 1.61. The number of nitrogens with zero attached hydrogens (tertiary/aromatic N) is 3. The van der Waals surface area contributed by atoms with Crippen LogP contribution in [0.15, 0.2) is 24.3 Å². The van der Waals surface area contributed by atoms with Crippen molar-refractivity contribution in [3.8, 4) is 0 Å². The van der Waals surface area contributed by atoms with E-state index in [0.29, 0.717) is 19.6 Å². The van der Waals surface area contributed by atoms with Gasteiger partial charge in [-0.15, -0.1) is 0 Å². The summed E-state index contributed by atoms with van der Waals surface area (Å²) < 4.78 is 4.46. The van der Waals surface area contributed by atoms with E-state index in [0.717, 1.165) is 40.9 Å². The van der Waals surface area contributed by atoms with E-state index in [2.05, 4.69) is 19.7 Å². The predicted molar refractivity (Wildman–Crippen MR) is 98.9 cm³/mol. The van der Waals surface area contributed by atoms with Crippen molar-refractivity contribution < 1.29 is 9.63 Å². The Hall–Kier alpha value is -1.70. The van der Waals surface area contributed by atoms with Crippen LogP contribution in [0.5, 0.6) is 0 Å². The van der Waals surface area contributed by atoms with Crippen molar-refractivity contribution in [1.82, 2.24) is 14.8 Å². The Morgan fingerprint density at radius 2 is 2.24 bits per heavy atom. The number of hydrogen-bond donors (Lipinski definition) is 1. The maximum atomic E-state index is 12.1. The molecular weight excluding hydrogens is 360 g/mol. The lowest BCUT2D eigenvalue weighted by molar-refractivity contribution is -0.137. The maximum absolute atomic E-state index is 12.1. The fraction of sp³-hybridized carbons (Fsp3) is 0.471. The molecule has 0 aliphatic carbocycles. The number of nitrogens with one attached hydrogen (secondary N) is 1. The molecule has 3 rings (SSSR count). The number of aromatic nitrogens is 2. The van der Waals surface area contributed by atoms with Crippen molar-refractivity contribution in [1.29, 1.82) is 0 Å². The third kappa shape index (κ3) is 4.90. The number of hydroxylamine groups is 1. The molecule has 1 aromatic heterocycles. The molecule has 1 amide bonds. The van der Waals surface area contributed by atoms with E-state index >= 15 is 0 Å². The monoisotopic (exact) mass is 380 g/mol. The van der Waals surface area contributed by atoms with Crippen molar-refractivity contribution >= 4 is 34.2 Å². The topological polar surface area (TPSA) is 67.3 Å². The molecular formula is C17H21ClN4O2S. The van der Waals surface area contributed by atoms with Crippen LogP contribution in [0.1, 0.15) is 31.2 Å². The van der Waals surface area contributed by atoms with Crippen LogP contribution in [0.3, 0.4) is 0 Å². The van der Waals surface area contributed by atoms with Gasteiger partial charge in [0.05, 0.1) is 12.5 Å². The first-order chi connectivity index (χ1) is 12.2. The van der Waals surface area contributed by atoms with Gasteiger partial charge in [-0.3, -0.25) is 9.63 Å². The molecule has 0 saturated carbocycles. The second kappa shape index (κ2) is 8.60. The summed E-state index contributed by atoms with van der Waals surface area (Å²) >= 11 is 7.30. The summed E-state index contributed by atoms with van der Waals surface area (Å²) in [6.07, 6.45) is 2.50. The van der Waals surface area contributed by atoms with Crippen LogP contribution in [-0.2, 0) is 16.1 Å². The zero-order chi connectivity index (χ0) is 17.6. The summed E-state index contributed by atoms with van der Waals surface area (Å²) in [5.41, 5.74) is 3.63. The van der Waals surface area contributed by atoms with E-state index in [9.17, 15) is 4.79 Å². The molecule has 0 spiro atoms. The summed E-state index contributed by atoms with van der Waals surface area (Å²) in [7, 11) is 0. The Morgan fingerprint density at radius 1 is 1.44 bits per heavy atom. The molecule has 1 saturated heterocycles. The third-order valence-electron chi connectivity index (χ3n) is 4.11. The lowest BCUT2D eigenvalue weighted by atomic mass is 9.98. The van der Waals surface area contributed by atoms with Gasteiger partial charge in [-0.05, 0) is 37.5 Å². The van der Waals surface area contributed by atoms with Crippen LogP contribution in [0.4, 0.5) is 5.13 Å². The van der Waals surface area contributed by atoms with Crippen molar-refractivity contribution in [2.75, 3.05) is 24.6 Å². The minimum atomic E-state index is -0.0797. The molecule has 1 N–H and O–H groups in total. The lowest BCUT2D eigenvalue weighted by Gasteiger charge is -2.31. The zero-order valence-corrected chi connectivity index (χ0v) is 15.6. The number of rotatable bonds is 6. The highest BCUT2D eigenvalue weighted by molar-refractivity contribution is 7.09. The Kier molecular flexibility index (Phi) is 6.23. The SMILES string of the molecule is CCONC(=O)[C@@H]1CCCN(c2nc(Cc3ccc(Cl)cc3)ns2)C1. The molecule has 0 radical (unpaired) electrons. The second-order valence-electron chi connectivity index (χ2n) is 5.98. The van der Waals surface area contributed by atoms with Gasteiger partial charge in [0.2, 0.25) is 11.0 Å². The summed E-state index contributed by atoms with van der Waals surface area (Å²) in [4.78, 5) is 23.9. The molecule has 6 nitrogen and oxygen atoms in total. The second-order valence-corrected chi connectivity index (χ2v) is 7.15.